The number of nitrogens with zero attached hydrogens (tertiary/aromatic N) is 1. The summed E-state index contributed by atoms with van der Waals surface area (Å²) in [5.74, 6) is 0.740. The van der Waals surface area contributed by atoms with Crippen LogP contribution in [0.2, 0.25) is 0 Å². The molecule has 0 aliphatic carbocycles. The molecule has 0 saturated carbocycles. The molecule has 25 heavy (non-hydrogen) atoms. The normalized spacial score (nSPS) is 10.6. The van der Waals surface area contributed by atoms with Crippen LogP contribution in [0.25, 0.3) is 10.9 Å². The van der Waals surface area contributed by atoms with Crippen LogP contribution < -0.4 is 16.2 Å². The molecular weight excluding hydrogens is 328 g/mol. The van der Waals surface area contributed by atoms with E-state index in [0.29, 0.717) is 5.11 Å². The number of pyridine rings is 1. The number of nitrogens with one attached hydrogen (secondary N) is 3. The van der Waals surface area contributed by atoms with Gasteiger partial charge in [-0.25, -0.2) is 4.98 Å². The maximum absolute atomic E-state index is 5.38. The number of aryl methyl sites for hydroxylation is 4. The molecule has 0 unspecified atom stereocenters. The summed E-state index contributed by atoms with van der Waals surface area (Å²) in [7, 11) is 0. The zero-order chi connectivity index (χ0) is 18.0. The molecule has 0 bridgehead atoms. The number of thiocarbonyl (C=S) groups is 1. The highest BCUT2D eigenvalue weighted by molar-refractivity contribution is 7.80. The Bertz CT molecular complexity index is 950. The zero-order valence-electron chi connectivity index (χ0n) is 14.9. The topological polar surface area (TPSA) is 49.0 Å². The summed E-state index contributed by atoms with van der Waals surface area (Å²) < 4.78 is 0. The van der Waals surface area contributed by atoms with Gasteiger partial charge in [-0.3, -0.25) is 10.9 Å². The summed E-state index contributed by atoms with van der Waals surface area (Å²) in [6, 6.07) is 14.5. The van der Waals surface area contributed by atoms with E-state index < -0.39 is 0 Å². The van der Waals surface area contributed by atoms with Crippen molar-refractivity contribution in [3.8, 4) is 0 Å². The van der Waals surface area contributed by atoms with Gasteiger partial charge in [0.1, 0.15) is 5.82 Å². The zero-order valence-corrected chi connectivity index (χ0v) is 15.7. The molecule has 128 valence electrons. The predicted octanol–water partition coefficient (Wildman–Crippen LogP) is 4.78. The number of hydrogen-bond acceptors (Lipinski definition) is 3. The van der Waals surface area contributed by atoms with Crippen LogP contribution in [-0.2, 0) is 0 Å². The Labute approximate surface area is 153 Å². The molecule has 3 rings (SSSR count). The van der Waals surface area contributed by atoms with E-state index in [1.165, 1.54) is 16.5 Å². The van der Waals surface area contributed by atoms with Crippen LogP contribution in [0.4, 0.5) is 11.5 Å². The Morgan fingerprint density at radius 2 is 1.72 bits per heavy atom. The van der Waals surface area contributed by atoms with Gasteiger partial charge in [0.15, 0.2) is 5.11 Å². The molecule has 3 N–H and O–H groups in total. The minimum Gasteiger partial charge on any atom is -0.331 e. The molecular formula is C20H22N4S. The Balaban J connectivity index is 1.73. The van der Waals surface area contributed by atoms with Gasteiger partial charge in [0, 0.05) is 11.1 Å². The molecule has 5 heteroatoms. The molecule has 0 spiro atoms. The van der Waals surface area contributed by atoms with Crippen molar-refractivity contribution < 1.29 is 0 Å². The van der Waals surface area contributed by atoms with Crippen molar-refractivity contribution in [2.45, 2.75) is 27.7 Å². The molecule has 0 aliphatic heterocycles. The van der Waals surface area contributed by atoms with Gasteiger partial charge in [-0.1, -0.05) is 30.3 Å². The second-order valence-electron chi connectivity index (χ2n) is 6.32. The quantitative estimate of drug-likeness (QED) is 0.469. The summed E-state index contributed by atoms with van der Waals surface area (Å²) in [6.45, 7) is 8.26. The first-order valence-electron chi connectivity index (χ1n) is 8.21. The molecule has 2 aromatic carbocycles. The average molecular weight is 350 g/mol. The molecule has 4 nitrogen and oxygen atoms in total. The Morgan fingerprint density at radius 3 is 2.52 bits per heavy atom. The van der Waals surface area contributed by atoms with Crippen LogP contribution in [0, 0.1) is 27.7 Å². The van der Waals surface area contributed by atoms with E-state index in [0.717, 1.165) is 28.1 Å². The summed E-state index contributed by atoms with van der Waals surface area (Å²) in [4.78, 5) is 4.69. The highest BCUT2D eigenvalue weighted by Crippen LogP contribution is 2.22. The number of anilines is 2. The van der Waals surface area contributed by atoms with Crippen molar-refractivity contribution in [1.82, 2.24) is 10.4 Å². The van der Waals surface area contributed by atoms with Gasteiger partial charge in [-0.15, -0.1) is 0 Å². The first-order valence-corrected chi connectivity index (χ1v) is 8.62. The number of benzene rings is 2. The van der Waals surface area contributed by atoms with Crippen LogP contribution in [0.15, 0.2) is 42.5 Å². The van der Waals surface area contributed by atoms with E-state index in [9.17, 15) is 0 Å². The van der Waals surface area contributed by atoms with Gasteiger partial charge in [-0.2, -0.15) is 0 Å². The molecule has 0 radical (unpaired) electrons. The predicted molar refractivity (Wildman–Crippen MR) is 110 cm³/mol. The Morgan fingerprint density at radius 1 is 0.920 bits per heavy atom. The lowest BCUT2D eigenvalue weighted by Gasteiger charge is -2.15. The molecule has 0 fully saturated rings. The van der Waals surface area contributed by atoms with E-state index in [-0.39, 0.29) is 0 Å². The Kier molecular flexibility index (Phi) is 4.86. The average Bonchev–Trinajstić information content (AvgIpc) is 2.57. The third kappa shape index (κ3) is 3.88. The maximum Gasteiger partial charge on any atom is 0.189 e. The van der Waals surface area contributed by atoms with E-state index in [2.05, 4.69) is 85.2 Å². The first kappa shape index (κ1) is 17.2. The van der Waals surface area contributed by atoms with E-state index in [4.69, 9.17) is 12.2 Å². The number of fused-ring (bicyclic) bond motifs is 1. The monoisotopic (exact) mass is 350 g/mol. The largest absolute Gasteiger partial charge is 0.331 e. The van der Waals surface area contributed by atoms with Gasteiger partial charge in [0.05, 0.1) is 5.52 Å². The lowest BCUT2D eigenvalue weighted by molar-refractivity contribution is 1.10. The lowest BCUT2D eigenvalue weighted by atomic mass is 10.1. The Hall–Kier alpha value is -2.66. The van der Waals surface area contributed by atoms with Gasteiger partial charge >= 0.3 is 0 Å². The molecule has 0 saturated heterocycles. The SMILES string of the molecule is Cc1ccc(C)c(NC(=S)NNc2cc(C)c3cccc(C)c3n2)c1. The molecule has 1 heterocycles. The van der Waals surface area contributed by atoms with Crippen molar-refractivity contribution in [3.63, 3.8) is 0 Å². The minimum atomic E-state index is 0.498. The van der Waals surface area contributed by atoms with E-state index in [1.807, 2.05) is 6.07 Å². The molecule has 0 amide bonds. The summed E-state index contributed by atoms with van der Waals surface area (Å²) in [6.07, 6.45) is 0. The highest BCUT2D eigenvalue weighted by Gasteiger charge is 2.06. The van der Waals surface area contributed by atoms with Gasteiger partial charge in [0.2, 0.25) is 0 Å². The maximum atomic E-state index is 5.38. The summed E-state index contributed by atoms with van der Waals surface area (Å²) in [5.41, 5.74) is 12.8. The third-order valence-electron chi connectivity index (χ3n) is 4.19. The fourth-order valence-corrected chi connectivity index (χ4v) is 2.93. The van der Waals surface area contributed by atoms with Crippen molar-refractivity contribution in [2.75, 3.05) is 10.7 Å². The second-order valence-corrected chi connectivity index (χ2v) is 6.73. The van der Waals surface area contributed by atoms with Crippen LogP contribution >= 0.6 is 12.2 Å². The molecule has 0 atom stereocenters. The van der Waals surface area contributed by atoms with Crippen LogP contribution in [0.5, 0.6) is 0 Å². The van der Waals surface area contributed by atoms with Crippen LogP contribution in [0.3, 0.4) is 0 Å². The van der Waals surface area contributed by atoms with Gasteiger partial charge < -0.3 is 5.32 Å². The van der Waals surface area contributed by atoms with Crippen LogP contribution in [-0.4, -0.2) is 10.1 Å². The van der Waals surface area contributed by atoms with Crippen molar-refractivity contribution >= 4 is 39.7 Å². The highest BCUT2D eigenvalue weighted by atomic mass is 32.1. The fourth-order valence-electron chi connectivity index (χ4n) is 2.77. The molecule has 3 aromatic rings. The number of rotatable bonds is 3. The number of hydrogen-bond donors (Lipinski definition) is 3. The van der Waals surface area contributed by atoms with Crippen molar-refractivity contribution in [2.24, 2.45) is 0 Å². The van der Waals surface area contributed by atoms with E-state index in [1.54, 1.807) is 0 Å². The standard InChI is InChI=1S/C20H22N4S/c1-12-8-9-13(2)17(10-12)21-20(25)24-23-18-11-15(4)16-7-5-6-14(3)19(16)22-18/h5-11H,1-4H3,(H,22,23)(H2,21,24,25). The minimum absolute atomic E-state index is 0.498. The van der Waals surface area contributed by atoms with Gasteiger partial charge in [-0.05, 0) is 74.3 Å². The number of para-hydroxylation sites is 1. The fraction of sp³-hybridized carbons (Fsp3) is 0.200. The van der Waals surface area contributed by atoms with Crippen LogP contribution in [0.1, 0.15) is 22.3 Å². The first-order chi connectivity index (χ1) is 11.9. The number of hydrazine groups is 1. The second kappa shape index (κ2) is 7.07. The number of aromatic nitrogens is 1. The van der Waals surface area contributed by atoms with Gasteiger partial charge in [0.25, 0.3) is 0 Å². The molecule has 1 aromatic heterocycles. The smallest absolute Gasteiger partial charge is 0.189 e. The van der Waals surface area contributed by atoms with E-state index >= 15 is 0 Å². The summed E-state index contributed by atoms with van der Waals surface area (Å²) >= 11 is 5.38. The summed E-state index contributed by atoms with van der Waals surface area (Å²) in [5, 5.41) is 4.88. The van der Waals surface area contributed by atoms with Crippen molar-refractivity contribution in [1.29, 1.82) is 0 Å². The van der Waals surface area contributed by atoms with Crippen molar-refractivity contribution in [3.05, 3.63) is 64.7 Å². The molecule has 0 aliphatic rings. The third-order valence-corrected chi connectivity index (χ3v) is 4.40. The lowest BCUT2D eigenvalue weighted by Crippen LogP contribution is -2.33.